The zero-order chi connectivity index (χ0) is 18.9. The van der Waals surface area contributed by atoms with Gasteiger partial charge in [0.15, 0.2) is 0 Å². The largest absolute Gasteiger partial charge is 0.471 e. The lowest BCUT2D eigenvalue weighted by Crippen LogP contribution is -2.44. The maximum Gasteiger partial charge on any atom is 0.471 e. The van der Waals surface area contributed by atoms with Crippen molar-refractivity contribution in [2.45, 2.75) is 25.4 Å². The van der Waals surface area contributed by atoms with Crippen molar-refractivity contribution < 1.29 is 18.0 Å². The summed E-state index contributed by atoms with van der Waals surface area (Å²) in [6.07, 6.45) is -4.39. The van der Waals surface area contributed by atoms with Gasteiger partial charge in [-0.25, -0.2) is 0 Å². The van der Waals surface area contributed by atoms with Crippen molar-refractivity contribution in [2.24, 2.45) is 5.41 Å². The van der Waals surface area contributed by atoms with Gasteiger partial charge in [0.1, 0.15) is 0 Å². The zero-order valence-corrected chi connectivity index (χ0v) is 14.1. The van der Waals surface area contributed by atoms with E-state index in [1.54, 1.807) is 12.1 Å². The molecule has 2 aromatic rings. The third-order valence-electron chi connectivity index (χ3n) is 4.92. The van der Waals surface area contributed by atoms with E-state index in [2.05, 4.69) is 6.07 Å². The Morgan fingerprint density at radius 2 is 1.96 bits per heavy atom. The van der Waals surface area contributed by atoms with E-state index in [0.29, 0.717) is 12.0 Å². The van der Waals surface area contributed by atoms with Crippen LogP contribution in [0.4, 0.5) is 13.2 Å². The quantitative estimate of drug-likeness (QED) is 0.904. The number of nitrogens with one attached hydrogen (secondary N) is 1. The summed E-state index contributed by atoms with van der Waals surface area (Å²) < 4.78 is 37.7. The number of fused-ring (bicyclic) bond motifs is 1. The van der Waals surface area contributed by atoms with Crippen molar-refractivity contribution in [3.63, 3.8) is 0 Å². The minimum Gasteiger partial charge on any atom is -0.348 e. The minimum absolute atomic E-state index is 0.110. The van der Waals surface area contributed by atoms with Gasteiger partial charge in [-0.1, -0.05) is 43.3 Å². The molecule has 0 bridgehead atoms. The van der Waals surface area contributed by atoms with Gasteiger partial charge in [-0.05, 0) is 40.7 Å². The van der Waals surface area contributed by atoms with Gasteiger partial charge in [-0.15, -0.1) is 0 Å². The number of hydrogen-bond acceptors (Lipinski definition) is 2. The standard InChI is InChI=1S/C20H17F3N2O/c1-19(12-25-18(26)20(21,22)23)10-15-8-7-13(11-24)9-16(15)17(19)14-5-3-2-4-6-14/h2-9,17H,10,12H2,1H3,(H,25,26)/t17-,19-/m0/s1. The monoisotopic (exact) mass is 358 g/mol. The van der Waals surface area contributed by atoms with Gasteiger partial charge >= 0.3 is 12.1 Å². The summed E-state index contributed by atoms with van der Waals surface area (Å²) in [4.78, 5) is 11.3. The topological polar surface area (TPSA) is 52.9 Å². The van der Waals surface area contributed by atoms with Crippen LogP contribution in [0.3, 0.4) is 0 Å². The molecule has 0 spiro atoms. The van der Waals surface area contributed by atoms with Crippen LogP contribution in [-0.2, 0) is 11.2 Å². The lowest BCUT2D eigenvalue weighted by Gasteiger charge is -2.33. The van der Waals surface area contributed by atoms with Crippen molar-refractivity contribution in [1.82, 2.24) is 5.32 Å². The van der Waals surface area contributed by atoms with E-state index in [-0.39, 0.29) is 12.5 Å². The molecule has 0 radical (unpaired) electrons. The normalized spacial score (nSPS) is 21.7. The van der Waals surface area contributed by atoms with Crippen LogP contribution in [0.2, 0.25) is 0 Å². The number of nitriles is 1. The third kappa shape index (κ3) is 3.30. The van der Waals surface area contributed by atoms with Gasteiger partial charge in [0.25, 0.3) is 0 Å². The summed E-state index contributed by atoms with van der Waals surface area (Å²) in [5, 5.41) is 11.2. The molecule has 134 valence electrons. The van der Waals surface area contributed by atoms with Gasteiger partial charge in [-0.3, -0.25) is 4.79 Å². The second-order valence-electron chi connectivity index (χ2n) is 6.88. The first-order chi connectivity index (χ1) is 12.2. The van der Waals surface area contributed by atoms with E-state index in [1.165, 1.54) is 0 Å². The van der Waals surface area contributed by atoms with Crippen LogP contribution in [-0.4, -0.2) is 18.6 Å². The Bertz CT molecular complexity index is 871. The Morgan fingerprint density at radius 3 is 2.58 bits per heavy atom. The van der Waals surface area contributed by atoms with Crippen LogP contribution in [0.25, 0.3) is 0 Å². The number of carbonyl (C=O) groups excluding carboxylic acids is 1. The first kappa shape index (κ1) is 18.0. The Labute approximate surface area is 149 Å². The minimum atomic E-state index is -4.90. The third-order valence-corrected chi connectivity index (χ3v) is 4.92. The van der Waals surface area contributed by atoms with E-state index in [4.69, 9.17) is 0 Å². The predicted octanol–water partition coefficient (Wildman–Crippen LogP) is 3.93. The van der Waals surface area contributed by atoms with Crippen LogP contribution in [0.5, 0.6) is 0 Å². The van der Waals surface area contributed by atoms with E-state index >= 15 is 0 Å². The highest BCUT2D eigenvalue weighted by Gasteiger charge is 2.45. The molecule has 26 heavy (non-hydrogen) atoms. The number of nitrogens with zero attached hydrogens (tertiary/aromatic N) is 1. The van der Waals surface area contributed by atoms with Crippen LogP contribution in [0.1, 0.15) is 35.1 Å². The number of alkyl halides is 3. The number of benzene rings is 2. The van der Waals surface area contributed by atoms with E-state index in [1.807, 2.05) is 48.6 Å². The SMILES string of the molecule is C[C@@]1(CNC(=O)C(F)(F)F)Cc2ccc(C#N)cc2[C@@H]1c1ccccc1. The molecule has 0 fully saturated rings. The van der Waals surface area contributed by atoms with Gasteiger partial charge in [0.2, 0.25) is 0 Å². The highest BCUT2D eigenvalue weighted by atomic mass is 19.4. The van der Waals surface area contributed by atoms with E-state index in [0.717, 1.165) is 16.7 Å². The van der Waals surface area contributed by atoms with E-state index in [9.17, 15) is 23.2 Å². The maximum absolute atomic E-state index is 12.6. The van der Waals surface area contributed by atoms with E-state index < -0.39 is 17.5 Å². The molecule has 0 saturated heterocycles. The smallest absolute Gasteiger partial charge is 0.348 e. The van der Waals surface area contributed by atoms with Gasteiger partial charge < -0.3 is 5.32 Å². The summed E-state index contributed by atoms with van der Waals surface area (Å²) in [5.74, 6) is -2.14. The molecule has 2 atom stereocenters. The molecule has 0 aliphatic heterocycles. The van der Waals surface area contributed by atoms with Gasteiger partial charge in [-0.2, -0.15) is 18.4 Å². The molecule has 0 heterocycles. The van der Waals surface area contributed by atoms with Crippen LogP contribution in [0.15, 0.2) is 48.5 Å². The van der Waals surface area contributed by atoms with Crippen LogP contribution >= 0.6 is 0 Å². The van der Waals surface area contributed by atoms with Gasteiger partial charge in [0.05, 0.1) is 11.6 Å². The molecule has 6 heteroatoms. The fourth-order valence-electron chi connectivity index (χ4n) is 3.78. The van der Waals surface area contributed by atoms with Crippen molar-refractivity contribution >= 4 is 5.91 Å². The molecule has 1 N–H and O–H groups in total. The summed E-state index contributed by atoms with van der Waals surface area (Å²) in [5.41, 5.74) is 2.75. The lowest BCUT2D eigenvalue weighted by atomic mass is 9.74. The first-order valence-electron chi connectivity index (χ1n) is 8.17. The predicted molar refractivity (Wildman–Crippen MR) is 90.3 cm³/mol. The van der Waals surface area contributed by atoms with Gasteiger partial charge in [0, 0.05) is 12.5 Å². The molecular weight excluding hydrogens is 341 g/mol. The Morgan fingerprint density at radius 1 is 1.27 bits per heavy atom. The molecule has 1 amide bonds. The molecule has 3 rings (SSSR count). The Kier molecular flexibility index (Phi) is 4.49. The van der Waals surface area contributed by atoms with Crippen molar-refractivity contribution in [3.8, 4) is 6.07 Å². The average Bonchev–Trinajstić information content (AvgIpc) is 2.90. The highest BCUT2D eigenvalue weighted by Crippen LogP contribution is 2.50. The fraction of sp³-hybridized carbons (Fsp3) is 0.300. The zero-order valence-electron chi connectivity index (χ0n) is 14.1. The summed E-state index contributed by atoms with van der Waals surface area (Å²) >= 11 is 0. The van der Waals surface area contributed by atoms with Crippen molar-refractivity contribution in [2.75, 3.05) is 6.54 Å². The first-order valence-corrected chi connectivity index (χ1v) is 8.17. The number of rotatable bonds is 3. The maximum atomic E-state index is 12.6. The lowest BCUT2D eigenvalue weighted by molar-refractivity contribution is -0.174. The molecular formula is C20H17F3N2O. The molecule has 0 aromatic heterocycles. The van der Waals surface area contributed by atoms with Crippen LogP contribution < -0.4 is 5.32 Å². The molecule has 0 saturated carbocycles. The second kappa shape index (κ2) is 6.49. The molecule has 1 aliphatic carbocycles. The fourth-order valence-corrected chi connectivity index (χ4v) is 3.78. The summed E-state index contributed by atoms with van der Waals surface area (Å²) in [6, 6.07) is 16.9. The average molecular weight is 358 g/mol. The number of hydrogen-bond donors (Lipinski definition) is 1. The highest BCUT2D eigenvalue weighted by molar-refractivity contribution is 5.81. The summed E-state index contributed by atoms with van der Waals surface area (Å²) in [7, 11) is 0. The number of carbonyl (C=O) groups is 1. The number of halogens is 3. The van der Waals surface area contributed by atoms with Crippen LogP contribution in [0, 0.1) is 16.7 Å². The summed E-state index contributed by atoms with van der Waals surface area (Å²) in [6.45, 7) is 1.76. The molecule has 1 aliphatic rings. The molecule has 2 aromatic carbocycles. The number of amides is 1. The Hall–Kier alpha value is -2.81. The molecule has 0 unspecified atom stereocenters. The Balaban J connectivity index is 1.99. The van der Waals surface area contributed by atoms with Crippen molar-refractivity contribution in [1.29, 1.82) is 5.26 Å². The van der Waals surface area contributed by atoms with Crippen molar-refractivity contribution in [3.05, 3.63) is 70.8 Å². The molecule has 3 nitrogen and oxygen atoms in total. The second-order valence-corrected chi connectivity index (χ2v) is 6.88.